The number of amides is 2. The van der Waals surface area contributed by atoms with Crippen LogP contribution in [0.3, 0.4) is 0 Å². The zero-order valence-corrected chi connectivity index (χ0v) is 22.1. The van der Waals surface area contributed by atoms with Crippen LogP contribution in [0.25, 0.3) is 0 Å². The number of nitrogens with one attached hydrogen (secondary N) is 2. The fourth-order valence-corrected chi connectivity index (χ4v) is 5.25. The maximum Gasteiger partial charge on any atom is 0.253 e. The van der Waals surface area contributed by atoms with E-state index < -0.39 is 0 Å². The summed E-state index contributed by atoms with van der Waals surface area (Å²) in [6.07, 6.45) is 7.49. The molecule has 2 aliphatic rings. The van der Waals surface area contributed by atoms with Crippen LogP contribution in [0.15, 0.2) is 42.5 Å². The average Bonchev–Trinajstić information content (AvgIpc) is 2.90. The second-order valence-corrected chi connectivity index (χ2v) is 10.2. The Bertz CT molecular complexity index is 1070. The van der Waals surface area contributed by atoms with Crippen molar-refractivity contribution in [1.82, 2.24) is 10.2 Å². The van der Waals surface area contributed by atoms with Gasteiger partial charge in [0.15, 0.2) is 0 Å². The largest absolute Gasteiger partial charge is 0.339 e. The van der Waals surface area contributed by atoms with Crippen molar-refractivity contribution in [3.63, 3.8) is 0 Å². The van der Waals surface area contributed by atoms with E-state index in [-0.39, 0.29) is 11.8 Å². The van der Waals surface area contributed by atoms with Gasteiger partial charge in [0, 0.05) is 37.3 Å². The third-order valence-electron chi connectivity index (χ3n) is 7.57. The number of nitriles is 1. The number of aryl methyl sites for hydroxylation is 1. The molecule has 192 valence electrons. The minimum atomic E-state index is -0.147. The van der Waals surface area contributed by atoms with Crippen LogP contribution in [0.5, 0.6) is 0 Å². The Morgan fingerprint density at radius 1 is 1.00 bits per heavy atom. The normalized spacial score (nSPS) is 20.0. The van der Waals surface area contributed by atoms with E-state index in [4.69, 9.17) is 5.26 Å². The molecule has 6 nitrogen and oxygen atoms in total. The van der Waals surface area contributed by atoms with E-state index in [1.807, 2.05) is 48.2 Å². The predicted molar refractivity (Wildman–Crippen MR) is 145 cm³/mol. The molecule has 2 aromatic rings. The van der Waals surface area contributed by atoms with Gasteiger partial charge in [0.25, 0.3) is 5.91 Å². The minimum absolute atomic E-state index is 0.000111. The summed E-state index contributed by atoms with van der Waals surface area (Å²) in [7, 11) is 2.08. The Kier molecular flexibility index (Phi) is 10.1. The van der Waals surface area contributed by atoms with E-state index >= 15 is 0 Å². The maximum atomic E-state index is 12.9. The monoisotopic (exact) mass is 488 g/mol. The van der Waals surface area contributed by atoms with Crippen molar-refractivity contribution in [2.75, 3.05) is 25.5 Å². The molecule has 1 saturated carbocycles. The first-order chi connectivity index (χ1) is 17.3. The zero-order valence-electron chi connectivity index (χ0n) is 22.1. The molecule has 2 atom stereocenters. The summed E-state index contributed by atoms with van der Waals surface area (Å²) >= 11 is 0. The molecule has 4 rings (SSSR count). The lowest BCUT2D eigenvalue weighted by molar-refractivity contribution is -0.114. The van der Waals surface area contributed by atoms with Crippen molar-refractivity contribution in [2.24, 2.45) is 5.92 Å². The van der Waals surface area contributed by atoms with Gasteiger partial charge in [0.05, 0.1) is 11.6 Å². The van der Waals surface area contributed by atoms with Crippen molar-refractivity contribution in [1.29, 1.82) is 5.26 Å². The van der Waals surface area contributed by atoms with Crippen LogP contribution in [0.1, 0.15) is 85.3 Å². The van der Waals surface area contributed by atoms with Gasteiger partial charge < -0.3 is 15.5 Å². The molecule has 0 aromatic heterocycles. The summed E-state index contributed by atoms with van der Waals surface area (Å²) in [6.45, 7) is 7.12. The van der Waals surface area contributed by atoms with Gasteiger partial charge in [-0.05, 0) is 86.9 Å². The van der Waals surface area contributed by atoms with Crippen LogP contribution in [0, 0.1) is 24.2 Å². The summed E-state index contributed by atoms with van der Waals surface area (Å²) in [5, 5.41) is 15.0. The number of carbonyl (C=O) groups is 2. The van der Waals surface area contributed by atoms with E-state index in [2.05, 4.69) is 30.7 Å². The third kappa shape index (κ3) is 7.41. The molecule has 2 unspecified atom stereocenters. The van der Waals surface area contributed by atoms with Gasteiger partial charge in [-0.2, -0.15) is 5.26 Å². The highest BCUT2D eigenvalue weighted by atomic mass is 16.2. The van der Waals surface area contributed by atoms with Gasteiger partial charge in [-0.25, -0.2) is 0 Å². The Morgan fingerprint density at radius 2 is 1.67 bits per heavy atom. The van der Waals surface area contributed by atoms with Crippen molar-refractivity contribution in [3.8, 4) is 6.07 Å². The van der Waals surface area contributed by atoms with Crippen molar-refractivity contribution in [2.45, 2.75) is 71.3 Å². The number of hydrogen-bond donors (Lipinski definition) is 2. The van der Waals surface area contributed by atoms with Gasteiger partial charge in [-0.1, -0.05) is 38.0 Å². The van der Waals surface area contributed by atoms with E-state index in [0.717, 1.165) is 30.4 Å². The highest BCUT2D eigenvalue weighted by Crippen LogP contribution is 2.29. The van der Waals surface area contributed by atoms with Crippen LogP contribution >= 0.6 is 0 Å². The quantitative estimate of drug-likeness (QED) is 0.584. The van der Waals surface area contributed by atoms with Crippen LogP contribution in [-0.4, -0.2) is 42.9 Å². The molecule has 2 N–H and O–H groups in total. The van der Waals surface area contributed by atoms with Crippen molar-refractivity contribution in [3.05, 3.63) is 64.7 Å². The highest BCUT2D eigenvalue weighted by molar-refractivity contribution is 5.97. The van der Waals surface area contributed by atoms with Gasteiger partial charge in [0.2, 0.25) is 5.91 Å². The molecule has 2 aromatic carbocycles. The van der Waals surface area contributed by atoms with Crippen molar-refractivity contribution < 1.29 is 9.59 Å². The average molecular weight is 489 g/mol. The van der Waals surface area contributed by atoms with Crippen LogP contribution in [-0.2, 0) is 4.79 Å². The van der Waals surface area contributed by atoms with Gasteiger partial charge >= 0.3 is 0 Å². The molecule has 36 heavy (non-hydrogen) atoms. The molecular weight excluding hydrogens is 448 g/mol. The van der Waals surface area contributed by atoms with Crippen LogP contribution < -0.4 is 10.6 Å². The molecule has 1 aliphatic heterocycles. The summed E-state index contributed by atoms with van der Waals surface area (Å²) in [6, 6.07) is 16.1. The number of piperidine rings is 1. The topological polar surface area (TPSA) is 85.2 Å². The van der Waals surface area contributed by atoms with Crippen LogP contribution in [0.4, 0.5) is 5.69 Å². The molecule has 1 aliphatic carbocycles. The Balaban J connectivity index is 0.000000338. The molecule has 2 amide bonds. The fourth-order valence-electron chi connectivity index (χ4n) is 5.25. The van der Waals surface area contributed by atoms with Crippen molar-refractivity contribution >= 4 is 17.5 Å². The van der Waals surface area contributed by atoms with E-state index in [1.54, 1.807) is 6.07 Å². The molecule has 0 bridgehead atoms. The third-order valence-corrected chi connectivity index (χ3v) is 7.57. The Labute approximate surface area is 216 Å². The Morgan fingerprint density at radius 3 is 2.22 bits per heavy atom. The molecule has 2 fully saturated rings. The summed E-state index contributed by atoms with van der Waals surface area (Å²) in [5.41, 5.74) is 4.10. The smallest absolute Gasteiger partial charge is 0.253 e. The highest BCUT2D eigenvalue weighted by Gasteiger charge is 2.25. The first-order valence-corrected chi connectivity index (χ1v) is 13.2. The van der Waals surface area contributed by atoms with E-state index in [9.17, 15) is 9.59 Å². The van der Waals surface area contributed by atoms with Gasteiger partial charge in [0.1, 0.15) is 0 Å². The molecule has 1 saturated heterocycles. The number of benzene rings is 2. The number of likely N-dealkylation sites (tertiary alicyclic amines) is 1. The molecule has 1 heterocycles. The number of rotatable bonds is 4. The lowest BCUT2D eigenvalue weighted by Crippen LogP contribution is -2.38. The predicted octanol–water partition coefficient (Wildman–Crippen LogP) is 5.63. The SMILES string of the molecule is CC(=O)Nc1cc(C(=O)N2CCC(c3ccc(C#N)cc3)CC2)ccc1C.CNC1CCCCC1C. The van der Waals surface area contributed by atoms with Crippen LogP contribution in [0.2, 0.25) is 0 Å². The van der Waals surface area contributed by atoms with Gasteiger partial charge in [-0.15, -0.1) is 0 Å². The molecule has 6 heteroatoms. The maximum absolute atomic E-state index is 12.9. The Hall–Kier alpha value is -3.17. The van der Waals surface area contributed by atoms with E-state index in [0.29, 0.717) is 35.8 Å². The zero-order chi connectivity index (χ0) is 26.1. The summed E-state index contributed by atoms with van der Waals surface area (Å²) in [4.78, 5) is 26.1. The second kappa shape index (κ2) is 13.2. The number of hydrogen-bond acceptors (Lipinski definition) is 4. The first-order valence-electron chi connectivity index (χ1n) is 13.2. The minimum Gasteiger partial charge on any atom is -0.339 e. The lowest BCUT2D eigenvalue weighted by Gasteiger charge is -2.32. The van der Waals surface area contributed by atoms with Gasteiger partial charge in [-0.3, -0.25) is 9.59 Å². The molecule has 0 spiro atoms. The number of anilines is 1. The molecule has 0 radical (unpaired) electrons. The lowest BCUT2D eigenvalue weighted by atomic mass is 9.86. The van der Waals surface area contributed by atoms with E-state index in [1.165, 1.54) is 38.2 Å². The fraction of sp³-hybridized carbons (Fsp3) is 0.500. The first kappa shape index (κ1) is 27.4. The second-order valence-electron chi connectivity index (χ2n) is 10.2. The summed E-state index contributed by atoms with van der Waals surface area (Å²) < 4.78 is 0. The number of nitrogens with zero attached hydrogens (tertiary/aromatic N) is 2. The number of carbonyl (C=O) groups excluding carboxylic acids is 2. The summed E-state index contributed by atoms with van der Waals surface area (Å²) in [5.74, 6) is 1.17. The molecular formula is C30H40N4O2. The standard InChI is InChI=1S/C22H23N3O2.C8H17N/c1-15-3-6-20(13-21(15)24-16(2)26)22(27)25-11-9-19(10-12-25)18-7-4-17(14-23)5-8-18;1-7-5-3-4-6-8(7)9-2/h3-8,13,19H,9-12H2,1-2H3,(H,24,26);7-9H,3-6H2,1-2H3.